The second-order valence-electron chi connectivity index (χ2n) is 4.71. The van der Waals surface area contributed by atoms with Gasteiger partial charge in [0.05, 0.1) is 0 Å². The second-order valence-corrected chi connectivity index (χ2v) is 5.69. The Morgan fingerprint density at radius 1 is 1.56 bits per heavy atom. The van der Waals surface area contributed by atoms with E-state index < -0.39 is 0 Å². The Balaban J connectivity index is 2.56. The highest BCUT2D eigenvalue weighted by molar-refractivity contribution is 7.98. The molecule has 1 heterocycles. The number of nitrogens with one attached hydrogen (secondary N) is 2. The van der Waals surface area contributed by atoms with Crippen LogP contribution in [-0.2, 0) is 10.2 Å². The minimum atomic E-state index is 0.0151. The monoisotopic (exact) mass is 241 g/mol. The second kappa shape index (κ2) is 5.39. The fraction of sp³-hybridized carbons (Fsp3) is 0.636. The van der Waals surface area contributed by atoms with E-state index in [9.17, 15) is 4.79 Å². The fourth-order valence-electron chi connectivity index (χ4n) is 1.17. The van der Waals surface area contributed by atoms with Gasteiger partial charge in [-0.25, -0.2) is 0 Å². The maximum atomic E-state index is 11.5. The number of carbonyl (C=O) groups excluding carboxylic acids is 1. The lowest BCUT2D eigenvalue weighted by atomic mass is 9.92. The number of hydrogen-bond donors (Lipinski definition) is 2. The first-order valence-corrected chi connectivity index (χ1v) is 6.67. The van der Waals surface area contributed by atoms with Crippen LogP contribution in [-0.4, -0.2) is 28.1 Å². The van der Waals surface area contributed by atoms with Gasteiger partial charge in [-0.05, 0) is 6.26 Å². The molecule has 0 spiro atoms. The summed E-state index contributed by atoms with van der Waals surface area (Å²) in [5.41, 5.74) is 1.04. The van der Waals surface area contributed by atoms with Crippen molar-refractivity contribution in [3.05, 3.63) is 11.8 Å². The van der Waals surface area contributed by atoms with E-state index in [1.54, 1.807) is 11.8 Å². The summed E-state index contributed by atoms with van der Waals surface area (Å²) in [6.07, 6.45) is 2.51. The Morgan fingerprint density at radius 3 is 2.75 bits per heavy atom. The van der Waals surface area contributed by atoms with E-state index in [4.69, 9.17) is 0 Å². The number of carbonyl (C=O) groups is 1. The van der Waals surface area contributed by atoms with E-state index >= 15 is 0 Å². The topological polar surface area (TPSA) is 57.8 Å². The number of anilines is 1. The molecule has 1 amide bonds. The molecule has 0 saturated heterocycles. The van der Waals surface area contributed by atoms with Crippen LogP contribution >= 0.6 is 11.8 Å². The normalized spacial score (nSPS) is 11.5. The lowest BCUT2D eigenvalue weighted by Crippen LogP contribution is -2.12. The van der Waals surface area contributed by atoms with Crippen LogP contribution in [0.3, 0.4) is 0 Å². The quantitative estimate of drug-likeness (QED) is 0.851. The molecule has 1 rings (SSSR count). The molecule has 2 N–H and O–H groups in total. The molecule has 0 bridgehead atoms. The first kappa shape index (κ1) is 13.1. The fourth-order valence-corrected chi connectivity index (χ4v) is 1.56. The van der Waals surface area contributed by atoms with Crippen LogP contribution in [0.25, 0.3) is 0 Å². The predicted octanol–water partition coefficient (Wildman–Crippen LogP) is 2.40. The average molecular weight is 241 g/mol. The SMILES string of the molecule is CSCCC(=O)Nc1cc(C(C)(C)C)[nH]n1. The molecule has 0 aliphatic carbocycles. The number of aromatic nitrogens is 2. The standard InChI is InChI=1S/C11H19N3OS/c1-11(2,3)8-7-9(14-13-8)12-10(15)5-6-16-4/h7H,5-6H2,1-4H3,(H2,12,13,14,15). The first-order chi connectivity index (χ1) is 7.43. The van der Waals surface area contributed by atoms with Crippen molar-refractivity contribution in [2.45, 2.75) is 32.6 Å². The Labute approximate surface area is 101 Å². The zero-order valence-corrected chi connectivity index (χ0v) is 11.1. The number of rotatable bonds is 4. The Kier molecular flexibility index (Phi) is 4.41. The number of H-pyrrole nitrogens is 1. The Bertz CT molecular complexity index is 354. The van der Waals surface area contributed by atoms with Crippen molar-refractivity contribution in [2.75, 3.05) is 17.3 Å². The summed E-state index contributed by atoms with van der Waals surface area (Å²) in [7, 11) is 0. The van der Waals surface area contributed by atoms with Gasteiger partial charge in [0, 0.05) is 29.3 Å². The van der Waals surface area contributed by atoms with Gasteiger partial charge in [0.25, 0.3) is 0 Å². The van der Waals surface area contributed by atoms with Gasteiger partial charge in [-0.15, -0.1) is 0 Å². The van der Waals surface area contributed by atoms with Crippen molar-refractivity contribution in [1.82, 2.24) is 10.2 Å². The van der Waals surface area contributed by atoms with Gasteiger partial charge in [0.15, 0.2) is 5.82 Å². The summed E-state index contributed by atoms with van der Waals surface area (Å²) in [6.45, 7) is 6.29. The third-order valence-electron chi connectivity index (χ3n) is 2.19. The summed E-state index contributed by atoms with van der Waals surface area (Å²) < 4.78 is 0. The lowest BCUT2D eigenvalue weighted by molar-refractivity contribution is -0.115. The molecule has 1 aromatic rings. The van der Waals surface area contributed by atoms with E-state index in [1.165, 1.54) is 0 Å². The van der Waals surface area contributed by atoms with Crippen LogP contribution in [0.15, 0.2) is 6.07 Å². The van der Waals surface area contributed by atoms with Crippen LogP contribution in [0.2, 0.25) is 0 Å². The van der Waals surface area contributed by atoms with E-state index in [0.29, 0.717) is 12.2 Å². The van der Waals surface area contributed by atoms with E-state index in [0.717, 1.165) is 11.4 Å². The molecule has 90 valence electrons. The zero-order chi connectivity index (χ0) is 12.2. The molecule has 4 nitrogen and oxygen atoms in total. The average Bonchev–Trinajstić information content (AvgIpc) is 2.62. The highest BCUT2D eigenvalue weighted by atomic mass is 32.2. The number of aromatic amines is 1. The van der Waals surface area contributed by atoms with E-state index in [2.05, 4.69) is 36.3 Å². The van der Waals surface area contributed by atoms with Crippen molar-refractivity contribution in [1.29, 1.82) is 0 Å². The molecule has 16 heavy (non-hydrogen) atoms. The van der Waals surface area contributed by atoms with Crippen molar-refractivity contribution in [3.8, 4) is 0 Å². The Morgan fingerprint density at radius 2 is 2.25 bits per heavy atom. The molecule has 0 fully saturated rings. The van der Waals surface area contributed by atoms with Crippen LogP contribution in [0, 0.1) is 0 Å². The van der Waals surface area contributed by atoms with E-state index in [1.807, 2.05) is 12.3 Å². The summed E-state index contributed by atoms with van der Waals surface area (Å²) in [6, 6.07) is 1.89. The van der Waals surface area contributed by atoms with Gasteiger partial charge < -0.3 is 5.32 Å². The van der Waals surface area contributed by atoms with Gasteiger partial charge in [-0.2, -0.15) is 16.9 Å². The van der Waals surface area contributed by atoms with Crippen LogP contribution in [0.1, 0.15) is 32.9 Å². The van der Waals surface area contributed by atoms with Crippen molar-refractivity contribution < 1.29 is 4.79 Å². The lowest BCUT2D eigenvalue weighted by Gasteiger charge is -2.14. The summed E-state index contributed by atoms with van der Waals surface area (Å²) >= 11 is 1.66. The summed E-state index contributed by atoms with van der Waals surface area (Å²) in [5, 5.41) is 9.78. The molecule has 1 aromatic heterocycles. The van der Waals surface area contributed by atoms with Gasteiger partial charge in [-0.1, -0.05) is 20.8 Å². The van der Waals surface area contributed by atoms with Gasteiger partial charge in [0.1, 0.15) is 0 Å². The molecule has 0 aliphatic rings. The minimum absolute atomic E-state index is 0.0151. The summed E-state index contributed by atoms with van der Waals surface area (Å²) in [5.74, 6) is 1.46. The van der Waals surface area contributed by atoms with Crippen molar-refractivity contribution in [2.24, 2.45) is 0 Å². The van der Waals surface area contributed by atoms with Crippen LogP contribution in [0.4, 0.5) is 5.82 Å². The molecular formula is C11H19N3OS. The molecular weight excluding hydrogens is 222 g/mol. The maximum absolute atomic E-state index is 11.5. The molecule has 0 radical (unpaired) electrons. The van der Waals surface area contributed by atoms with Gasteiger partial charge in [-0.3, -0.25) is 9.89 Å². The largest absolute Gasteiger partial charge is 0.309 e. The van der Waals surface area contributed by atoms with Crippen molar-refractivity contribution >= 4 is 23.5 Å². The van der Waals surface area contributed by atoms with Crippen LogP contribution in [0.5, 0.6) is 0 Å². The smallest absolute Gasteiger partial charge is 0.226 e. The minimum Gasteiger partial charge on any atom is -0.309 e. The van der Waals surface area contributed by atoms with Crippen molar-refractivity contribution in [3.63, 3.8) is 0 Å². The Hall–Kier alpha value is -0.970. The predicted molar refractivity (Wildman–Crippen MR) is 68.9 cm³/mol. The molecule has 0 atom stereocenters. The number of thioether (sulfide) groups is 1. The van der Waals surface area contributed by atoms with Crippen LogP contribution < -0.4 is 5.32 Å². The maximum Gasteiger partial charge on any atom is 0.226 e. The molecule has 0 saturated carbocycles. The van der Waals surface area contributed by atoms with Gasteiger partial charge in [0.2, 0.25) is 5.91 Å². The number of nitrogens with zero attached hydrogens (tertiary/aromatic N) is 1. The third-order valence-corrected chi connectivity index (χ3v) is 2.80. The highest BCUT2D eigenvalue weighted by Crippen LogP contribution is 2.21. The summed E-state index contributed by atoms with van der Waals surface area (Å²) in [4.78, 5) is 11.5. The zero-order valence-electron chi connectivity index (χ0n) is 10.3. The molecule has 0 aromatic carbocycles. The molecule has 0 aliphatic heterocycles. The van der Waals surface area contributed by atoms with E-state index in [-0.39, 0.29) is 11.3 Å². The highest BCUT2D eigenvalue weighted by Gasteiger charge is 2.17. The third kappa shape index (κ3) is 3.89. The first-order valence-electron chi connectivity index (χ1n) is 5.28. The number of amides is 1. The molecule has 5 heteroatoms. The molecule has 0 unspecified atom stereocenters. The van der Waals surface area contributed by atoms with Gasteiger partial charge >= 0.3 is 0 Å². The number of hydrogen-bond acceptors (Lipinski definition) is 3.